The number of halogens is 1. The van der Waals surface area contributed by atoms with Gasteiger partial charge in [-0.1, -0.05) is 67.6 Å². The molecule has 35 heavy (non-hydrogen) atoms. The van der Waals surface area contributed by atoms with Crippen LogP contribution in [0.4, 0.5) is 4.39 Å². The van der Waals surface area contributed by atoms with E-state index in [1.54, 1.807) is 17.0 Å². The molecule has 184 valence electrons. The second-order valence-corrected chi connectivity index (χ2v) is 8.41. The third kappa shape index (κ3) is 8.56. The highest BCUT2D eigenvalue weighted by molar-refractivity contribution is 5.88. The van der Waals surface area contributed by atoms with Crippen molar-refractivity contribution in [1.82, 2.24) is 10.2 Å². The third-order valence-corrected chi connectivity index (χ3v) is 5.63. The topological polar surface area (TPSA) is 58.6 Å². The quantitative estimate of drug-likeness (QED) is 0.347. The zero-order valence-electron chi connectivity index (χ0n) is 20.2. The molecule has 0 heterocycles. The Balaban J connectivity index is 1.77. The SMILES string of the molecule is CCCNC(=O)[C@H](Cc1ccccc1)N(Cc1ccc(F)cc1)C(=O)CCCOc1ccccc1. The molecule has 5 nitrogen and oxygen atoms in total. The molecule has 0 aliphatic heterocycles. The lowest BCUT2D eigenvalue weighted by Crippen LogP contribution is -2.50. The molecule has 0 aromatic heterocycles. The summed E-state index contributed by atoms with van der Waals surface area (Å²) in [5.74, 6) is 0.0838. The summed E-state index contributed by atoms with van der Waals surface area (Å²) in [5.41, 5.74) is 1.73. The first kappa shape index (κ1) is 25.9. The first-order valence-corrected chi connectivity index (χ1v) is 12.1. The molecule has 0 aliphatic rings. The predicted molar refractivity (Wildman–Crippen MR) is 135 cm³/mol. The van der Waals surface area contributed by atoms with E-state index in [1.165, 1.54) is 12.1 Å². The molecule has 3 rings (SSSR count). The van der Waals surface area contributed by atoms with Gasteiger partial charge in [0.2, 0.25) is 11.8 Å². The summed E-state index contributed by atoms with van der Waals surface area (Å²) < 4.78 is 19.2. The van der Waals surface area contributed by atoms with Crippen molar-refractivity contribution in [3.63, 3.8) is 0 Å². The highest BCUT2D eigenvalue weighted by Gasteiger charge is 2.30. The molecule has 0 spiro atoms. The number of nitrogens with zero attached hydrogens (tertiary/aromatic N) is 1. The van der Waals surface area contributed by atoms with Gasteiger partial charge < -0.3 is 15.0 Å². The van der Waals surface area contributed by atoms with E-state index in [4.69, 9.17) is 4.74 Å². The molecule has 0 saturated carbocycles. The standard InChI is InChI=1S/C29H33FN2O3/c1-2-19-31-29(34)27(21-23-10-5-3-6-11-23)32(22-24-15-17-25(30)18-16-24)28(33)14-9-20-35-26-12-7-4-8-13-26/h3-8,10-13,15-18,27H,2,9,14,19-22H2,1H3,(H,31,34)/t27-/m0/s1. The van der Waals surface area contributed by atoms with Gasteiger partial charge in [-0.2, -0.15) is 0 Å². The maximum Gasteiger partial charge on any atom is 0.243 e. The molecule has 1 N–H and O–H groups in total. The second kappa shape index (κ2) is 13.9. The van der Waals surface area contributed by atoms with Gasteiger partial charge in [-0.15, -0.1) is 0 Å². The van der Waals surface area contributed by atoms with E-state index < -0.39 is 6.04 Å². The molecule has 2 amide bonds. The van der Waals surface area contributed by atoms with E-state index in [1.807, 2.05) is 67.6 Å². The number of amides is 2. The Morgan fingerprint density at radius 2 is 1.57 bits per heavy atom. The average molecular weight is 477 g/mol. The monoisotopic (exact) mass is 476 g/mol. The van der Waals surface area contributed by atoms with Crippen molar-refractivity contribution in [2.75, 3.05) is 13.2 Å². The van der Waals surface area contributed by atoms with Gasteiger partial charge in [0.25, 0.3) is 0 Å². The lowest BCUT2D eigenvalue weighted by atomic mass is 10.0. The summed E-state index contributed by atoms with van der Waals surface area (Å²) in [6.45, 7) is 3.13. The van der Waals surface area contributed by atoms with E-state index in [2.05, 4.69) is 5.32 Å². The number of hydrogen-bond donors (Lipinski definition) is 1. The molecule has 3 aromatic carbocycles. The minimum absolute atomic E-state index is 0.140. The Bertz CT molecular complexity index is 1040. The van der Waals surface area contributed by atoms with E-state index in [0.717, 1.165) is 23.3 Å². The van der Waals surface area contributed by atoms with Gasteiger partial charge in [0.05, 0.1) is 6.61 Å². The smallest absolute Gasteiger partial charge is 0.243 e. The fourth-order valence-electron chi connectivity index (χ4n) is 3.78. The highest BCUT2D eigenvalue weighted by atomic mass is 19.1. The van der Waals surface area contributed by atoms with E-state index in [9.17, 15) is 14.0 Å². The predicted octanol–water partition coefficient (Wildman–Crippen LogP) is 5.15. The minimum Gasteiger partial charge on any atom is -0.494 e. The molecule has 0 saturated heterocycles. The average Bonchev–Trinajstić information content (AvgIpc) is 2.89. The summed E-state index contributed by atoms with van der Waals surface area (Å²) in [6, 6.07) is 24.5. The van der Waals surface area contributed by atoms with Crippen LogP contribution < -0.4 is 10.1 Å². The summed E-state index contributed by atoms with van der Waals surface area (Å²) in [7, 11) is 0. The molecule has 0 bridgehead atoms. The van der Waals surface area contributed by atoms with Crippen LogP contribution in [0.5, 0.6) is 5.75 Å². The van der Waals surface area contributed by atoms with Crippen molar-refractivity contribution in [3.8, 4) is 5.75 Å². The number of rotatable bonds is 13. The van der Waals surface area contributed by atoms with Crippen LogP contribution in [0, 0.1) is 5.82 Å². The molecule has 0 fully saturated rings. The van der Waals surface area contributed by atoms with Crippen molar-refractivity contribution in [3.05, 3.63) is 102 Å². The Kier molecular flexibility index (Phi) is 10.3. The van der Waals surface area contributed by atoms with Crippen LogP contribution in [0.1, 0.15) is 37.3 Å². The van der Waals surface area contributed by atoms with Gasteiger partial charge in [-0.3, -0.25) is 9.59 Å². The molecule has 6 heteroatoms. The van der Waals surface area contributed by atoms with Crippen LogP contribution in [0.25, 0.3) is 0 Å². The van der Waals surface area contributed by atoms with E-state index >= 15 is 0 Å². The minimum atomic E-state index is -0.684. The maximum atomic E-state index is 13.5. The number of para-hydroxylation sites is 1. The zero-order valence-corrected chi connectivity index (χ0v) is 20.2. The third-order valence-electron chi connectivity index (χ3n) is 5.63. The largest absolute Gasteiger partial charge is 0.494 e. The molecular formula is C29H33FN2O3. The lowest BCUT2D eigenvalue weighted by molar-refractivity contribution is -0.141. The Morgan fingerprint density at radius 3 is 2.23 bits per heavy atom. The van der Waals surface area contributed by atoms with Crippen molar-refractivity contribution >= 4 is 11.8 Å². The fraction of sp³-hybridized carbons (Fsp3) is 0.310. The summed E-state index contributed by atoms with van der Waals surface area (Å²) in [6.07, 6.45) is 1.94. The van der Waals surface area contributed by atoms with E-state index in [-0.39, 0.29) is 30.6 Å². The van der Waals surface area contributed by atoms with Crippen molar-refractivity contribution in [2.45, 2.75) is 45.2 Å². The van der Waals surface area contributed by atoms with Crippen molar-refractivity contribution < 1.29 is 18.7 Å². The zero-order chi connectivity index (χ0) is 24.9. The maximum absolute atomic E-state index is 13.5. The van der Waals surface area contributed by atoms with Crippen LogP contribution >= 0.6 is 0 Å². The van der Waals surface area contributed by atoms with Gasteiger partial charge in [-0.25, -0.2) is 4.39 Å². The Labute approximate surface area is 206 Å². The number of nitrogens with one attached hydrogen (secondary N) is 1. The van der Waals surface area contributed by atoms with Crippen LogP contribution in [0.3, 0.4) is 0 Å². The number of hydrogen-bond acceptors (Lipinski definition) is 3. The number of carbonyl (C=O) groups is 2. The normalized spacial score (nSPS) is 11.5. The van der Waals surface area contributed by atoms with Gasteiger partial charge in [0.1, 0.15) is 17.6 Å². The summed E-state index contributed by atoms with van der Waals surface area (Å²) in [4.78, 5) is 28.3. The van der Waals surface area contributed by atoms with Gasteiger partial charge in [-0.05, 0) is 48.2 Å². The van der Waals surface area contributed by atoms with Crippen LogP contribution in [-0.2, 0) is 22.6 Å². The second-order valence-electron chi connectivity index (χ2n) is 8.41. The summed E-state index contributed by atoms with van der Waals surface area (Å²) in [5, 5.41) is 2.95. The fourth-order valence-corrected chi connectivity index (χ4v) is 3.78. The Hall–Kier alpha value is -3.67. The number of benzene rings is 3. The molecular weight excluding hydrogens is 443 g/mol. The summed E-state index contributed by atoms with van der Waals surface area (Å²) >= 11 is 0. The van der Waals surface area contributed by atoms with Crippen LogP contribution in [0.2, 0.25) is 0 Å². The molecule has 1 atom stereocenters. The highest BCUT2D eigenvalue weighted by Crippen LogP contribution is 2.17. The number of carbonyl (C=O) groups excluding carboxylic acids is 2. The van der Waals surface area contributed by atoms with Gasteiger partial charge in [0.15, 0.2) is 0 Å². The van der Waals surface area contributed by atoms with Gasteiger partial charge in [0, 0.05) is 25.9 Å². The van der Waals surface area contributed by atoms with Crippen molar-refractivity contribution in [2.24, 2.45) is 0 Å². The van der Waals surface area contributed by atoms with E-state index in [0.29, 0.717) is 26.0 Å². The number of ether oxygens (including phenoxy) is 1. The molecule has 3 aromatic rings. The van der Waals surface area contributed by atoms with Crippen LogP contribution in [-0.4, -0.2) is 35.9 Å². The Morgan fingerprint density at radius 1 is 0.914 bits per heavy atom. The van der Waals surface area contributed by atoms with Crippen LogP contribution in [0.15, 0.2) is 84.9 Å². The first-order valence-electron chi connectivity index (χ1n) is 12.1. The molecule has 0 aliphatic carbocycles. The molecule has 0 radical (unpaired) electrons. The van der Waals surface area contributed by atoms with Crippen molar-refractivity contribution in [1.29, 1.82) is 0 Å². The van der Waals surface area contributed by atoms with Gasteiger partial charge >= 0.3 is 0 Å². The lowest BCUT2D eigenvalue weighted by Gasteiger charge is -2.31. The molecule has 0 unspecified atom stereocenters. The first-order chi connectivity index (χ1) is 17.1.